The third kappa shape index (κ3) is 2.74. The molecule has 2 N–H and O–H groups in total. The van der Waals surface area contributed by atoms with Gasteiger partial charge in [-0.15, -0.1) is 0 Å². The van der Waals surface area contributed by atoms with E-state index in [1.165, 1.54) is 5.56 Å². The van der Waals surface area contributed by atoms with Gasteiger partial charge in [0.15, 0.2) is 0 Å². The Balaban J connectivity index is 1.68. The summed E-state index contributed by atoms with van der Waals surface area (Å²) >= 11 is 0. The molecule has 1 fully saturated rings. The number of nitrogens with zero attached hydrogens (tertiary/aromatic N) is 2. The fraction of sp³-hybridized carbons (Fsp3) is 0.438. The highest BCUT2D eigenvalue weighted by atomic mass is 16.2. The van der Waals surface area contributed by atoms with Crippen LogP contribution in [-0.4, -0.2) is 48.4 Å². The summed E-state index contributed by atoms with van der Waals surface area (Å²) < 4.78 is 0. The van der Waals surface area contributed by atoms with Gasteiger partial charge in [-0.05, 0) is 38.0 Å². The van der Waals surface area contributed by atoms with Gasteiger partial charge in [-0.25, -0.2) is 4.79 Å². The highest BCUT2D eigenvalue weighted by Crippen LogP contribution is 2.29. The minimum atomic E-state index is -0.965. The molecule has 0 unspecified atom stereocenters. The number of carbonyl (C=O) groups excluding carboxylic acids is 3. The molecule has 0 radical (unpaired) electrons. The van der Waals surface area contributed by atoms with Crippen molar-refractivity contribution in [3.63, 3.8) is 0 Å². The molecule has 3 rings (SSSR count). The van der Waals surface area contributed by atoms with E-state index in [-0.39, 0.29) is 6.54 Å². The molecule has 4 amide bonds. The van der Waals surface area contributed by atoms with Crippen LogP contribution in [0.1, 0.15) is 19.4 Å². The van der Waals surface area contributed by atoms with Gasteiger partial charge in [0.2, 0.25) is 5.91 Å². The maximum Gasteiger partial charge on any atom is 0.325 e. The first-order valence-electron chi connectivity index (χ1n) is 7.56. The molecular formula is C16H20N4O3. The highest BCUT2D eigenvalue weighted by Gasteiger charge is 2.44. The zero-order valence-electron chi connectivity index (χ0n) is 13.5. The molecule has 0 aromatic heterocycles. The number of hydrogen-bond acceptors (Lipinski definition) is 4. The average molecular weight is 316 g/mol. The third-order valence-electron chi connectivity index (χ3n) is 4.24. The number of nitrogens with one attached hydrogen (secondary N) is 2. The van der Waals surface area contributed by atoms with Crippen molar-refractivity contribution in [1.29, 1.82) is 0 Å². The molecule has 0 bridgehead atoms. The van der Waals surface area contributed by atoms with Gasteiger partial charge >= 0.3 is 6.03 Å². The van der Waals surface area contributed by atoms with Crippen LogP contribution in [0.5, 0.6) is 0 Å². The number of fused-ring (bicyclic) bond motifs is 1. The Morgan fingerprint density at radius 2 is 2.09 bits per heavy atom. The lowest BCUT2D eigenvalue weighted by Crippen LogP contribution is -2.41. The van der Waals surface area contributed by atoms with Gasteiger partial charge in [0, 0.05) is 25.0 Å². The highest BCUT2D eigenvalue weighted by molar-refractivity contribution is 6.09. The Kier molecular flexibility index (Phi) is 3.50. The predicted molar refractivity (Wildman–Crippen MR) is 86.4 cm³/mol. The van der Waals surface area contributed by atoms with Crippen LogP contribution < -0.4 is 15.5 Å². The molecular weight excluding hydrogens is 296 g/mol. The fourth-order valence-electron chi connectivity index (χ4n) is 2.92. The standard InChI is InChI=1S/C16H20N4O3/c1-16(2)14(22)20(15(23)18-16)9-13(21)17-11-5-4-10-6-7-19(3)12(10)8-11/h4-5,8H,6-7,9H2,1-3H3,(H,17,21)(H,18,23). The molecule has 23 heavy (non-hydrogen) atoms. The van der Waals surface area contributed by atoms with Crippen molar-refractivity contribution in [2.24, 2.45) is 0 Å². The molecule has 122 valence electrons. The Hall–Kier alpha value is -2.57. The van der Waals surface area contributed by atoms with Crippen molar-refractivity contribution in [3.05, 3.63) is 23.8 Å². The normalized spacial score (nSPS) is 18.9. The van der Waals surface area contributed by atoms with Crippen LogP contribution in [0, 0.1) is 0 Å². The number of anilines is 2. The summed E-state index contributed by atoms with van der Waals surface area (Å²) in [4.78, 5) is 39.1. The second-order valence-corrected chi connectivity index (χ2v) is 6.51. The van der Waals surface area contributed by atoms with Crippen molar-refractivity contribution in [2.75, 3.05) is 30.4 Å². The van der Waals surface area contributed by atoms with Gasteiger partial charge < -0.3 is 15.5 Å². The third-order valence-corrected chi connectivity index (χ3v) is 4.24. The average Bonchev–Trinajstić information content (AvgIpc) is 2.92. The van der Waals surface area contributed by atoms with Crippen LogP contribution in [0.3, 0.4) is 0 Å². The van der Waals surface area contributed by atoms with Crippen molar-refractivity contribution in [1.82, 2.24) is 10.2 Å². The Bertz CT molecular complexity index is 699. The zero-order chi connectivity index (χ0) is 16.8. The smallest absolute Gasteiger partial charge is 0.325 e. The van der Waals surface area contributed by atoms with Crippen LogP contribution in [-0.2, 0) is 16.0 Å². The second kappa shape index (κ2) is 5.26. The molecule has 7 nitrogen and oxygen atoms in total. The summed E-state index contributed by atoms with van der Waals surface area (Å²) in [5.74, 6) is -0.793. The van der Waals surface area contributed by atoms with Crippen molar-refractivity contribution < 1.29 is 14.4 Å². The quantitative estimate of drug-likeness (QED) is 0.814. The molecule has 2 aliphatic heterocycles. The van der Waals surface area contributed by atoms with Crippen molar-refractivity contribution in [2.45, 2.75) is 25.8 Å². The second-order valence-electron chi connectivity index (χ2n) is 6.51. The topological polar surface area (TPSA) is 81.8 Å². The van der Waals surface area contributed by atoms with E-state index in [2.05, 4.69) is 15.5 Å². The van der Waals surface area contributed by atoms with E-state index in [1.807, 2.05) is 25.2 Å². The first kappa shape index (κ1) is 15.3. The van der Waals surface area contributed by atoms with E-state index in [9.17, 15) is 14.4 Å². The van der Waals surface area contributed by atoms with Crippen LogP contribution in [0.15, 0.2) is 18.2 Å². The zero-order valence-corrected chi connectivity index (χ0v) is 13.5. The lowest BCUT2D eigenvalue weighted by atomic mass is 10.1. The largest absolute Gasteiger partial charge is 0.374 e. The lowest BCUT2D eigenvalue weighted by molar-refractivity contribution is -0.132. The number of urea groups is 1. The number of imide groups is 1. The Labute approximate surface area is 134 Å². The summed E-state index contributed by atoms with van der Waals surface area (Å²) in [7, 11) is 2.01. The molecule has 0 atom stereocenters. The van der Waals surface area contributed by atoms with Gasteiger partial charge in [0.25, 0.3) is 5.91 Å². The van der Waals surface area contributed by atoms with E-state index in [1.54, 1.807) is 13.8 Å². The van der Waals surface area contributed by atoms with E-state index in [4.69, 9.17) is 0 Å². The van der Waals surface area contributed by atoms with Gasteiger partial charge in [0.1, 0.15) is 12.1 Å². The number of likely N-dealkylation sites (N-methyl/N-ethyl adjacent to an activating group) is 1. The Morgan fingerprint density at radius 3 is 2.74 bits per heavy atom. The van der Waals surface area contributed by atoms with Crippen LogP contribution >= 0.6 is 0 Å². The number of hydrogen-bond donors (Lipinski definition) is 2. The lowest BCUT2D eigenvalue weighted by Gasteiger charge is -2.16. The molecule has 0 aliphatic carbocycles. The van der Waals surface area contributed by atoms with E-state index >= 15 is 0 Å². The summed E-state index contributed by atoms with van der Waals surface area (Å²) in [5, 5.41) is 5.30. The first-order chi connectivity index (χ1) is 10.8. The number of carbonyl (C=O) groups is 3. The number of benzene rings is 1. The number of amides is 4. The van der Waals surface area contributed by atoms with Crippen molar-refractivity contribution in [3.8, 4) is 0 Å². The minimum absolute atomic E-state index is 0.291. The molecule has 0 spiro atoms. The van der Waals surface area contributed by atoms with Gasteiger partial charge in [-0.1, -0.05) is 6.07 Å². The summed E-state index contributed by atoms with van der Waals surface area (Å²) in [6.45, 7) is 3.90. The van der Waals surface area contributed by atoms with Gasteiger partial charge in [0.05, 0.1) is 0 Å². The molecule has 1 aromatic rings. The van der Waals surface area contributed by atoms with E-state index in [0.29, 0.717) is 5.69 Å². The maximum atomic E-state index is 12.2. The molecule has 1 saturated heterocycles. The molecule has 2 aliphatic rings. The molecule has 1 aromatic carbocycles. The first-order valence-corrected chi connectivity index (χ1v) is 7.56. The van der Waals surface area contributed by atoms with E-state index in [0.717, 1.165) is 23.6 Å². The summed E-state index contributed by atoms with van der Waals surface area (Å²) in [6, 6.07) is 5.20. The Morgan fingerprint density at radius 1 is 1.35 bits per heavy atom. The van der Waals surface area contributed by atoms with Crippen molar-refractivity contribution >= 4 is 29.2 Å². The minimum Gasteiger partial charge on any atom is -0.374 e. The maximum absolute atomic E-state index is 12.2. The SMILES string of the molecule is CN1CCc2ccc(NC(=O)CN3C(=O)NC(C)(C)C3=O)cc21. The van der Waals surface area contributed by atoms with Crippen LogP contribution in [0.2, 0.25) is 0 Å². The van der Waals surface area contributed by atoms with Crippen LogP contribution in [0.4, 0.5) is 16.2 Å². The summed E-state index contributed by atoms with van der Waals surface area (Å²) in [6.07, 6.45) is 0.998. The molecule has 2 heterocycles. The summed E-state index contributed by atoms with van der Waals surface area (Å²) in [5.41, 5.74) is 2.04. The fourth-order valence-corrected chi connectivity index (χ4v) is 2.92. The van der Waals surface area contributed by atoms with Gasteiger partial charge in [-0.3, -0.25) is 14.5 Å². The van der Waals surface area contributed by atoms with Crippen LogP contribution in [0.25, 0.3) is 0 Å². The number of rotatable bonds is 3. The predicted octanol–water partition coefficient (Wildman–Crippen LogP) is 0.948. The molecule has 0 saturated carbocycles. The monoisotopic (exact) mass is 316 g/mol. The van der Waals surface area contributed by atoms with E-state index < -0.39 is 23.4 Å². The molecule has 7 heteroatoms. The van der Waals surface area contributed by atoms with Gasteiger partial charge in [-0.2, -0.15) is 0 Å².